The van der Waals surface area contributed by atoms with E-state index in [-0.39, 0.29) is 0 Å². The lowest BCUT2D eigenvalue weighted by molar-refractivity contribution is 0.345. The standard InChI is InChI=1S/C14H23ClN4/c1-4-19-6-5-11(8-19)7-16-14-12(10(2)3)13(15)17-9-18-14/h9-11H,4-8H2,1-3H3,(H,16,17,18). The topological polar surface area (TPSA) is 41.0 Å². The first-order valence-electron chi connectivity index (χ1n) is 7.08. The van der Waals surface area contributed by atoms with Crippen LogP contribution in [0.1, 0.15) is 38.7 Å². The normalized spacial score (nSPS) is 20.2. The molecule has 106 valence electrons. The van der Waals surface area contributed by atoms with Crippen LogP contribution in [-0.4, -0.2) is 41.0 Å². The molecule has 0 radical (unpaired) electrons. The van der Waals surface area contributed by atoms with Crippen molar-refractivity contribution in [3.05, 3.63) is 17.0 Å². The van der Waals surface area contributed by atoms with E-state index in [2.05, 4.69) is 41.0 Å². The minimum absolute atomic E-state index is 0.326. The predicted molar refractivity (Wildman–Crippen MR) is 79.8 cm³/mol. The van der Waals surface area contributed by atoms with Gasteiger partial charge in [0.15, 0.2) is 0 Å². The molecule has 4 nitrogen and oxygen atoms in total. The van der Waals surface area contributed by atoms with E-state index < -0.39 is 0 Å². The molecule has 1 aliphatic heterocycles. The summed E-state index contributed by atoms with van der Waals surface area (Å²) in [5.41, 5.74) is 1.02. The number of hydrogen-bond acceptors (Lipinski definition) is 4. The van der Waals surface area contributed by atoms with Gasteiger partial charge in [-0.3, -0.25) is 0 Å². The molecule has 0 bridgehead atoms. The van der Waals surface area contributed by atoms with Crippen LogP contribution in [-0.2, 0) is 0 Å². The highest BCUT2D eigenvalue weighted by Gasteiger charge is 2.21. The van der Waals surface area contributed by atoms with E-state index in [4.69, 9.17) is 11.6 Å². The second-order valence-corrected chi connectivity index (χ2v) is 5.87. The maximum atomic E-state index is 6.17. The number of halogens is 1. The minimum atomic E-state index is 0.326. The van der Waals surface area contributed by atoms with Crippen molar-refractivity contribution in [3.63, 3.8) is 0 Å². The van der Waals surface area contributed by atoms with Gasteiger partial charge in [-0.25, -0.2) is 9.97 Å². The van der Waals surface area contributed by atoms with E-state index in [0.29, 0.717) is 17.0 Å². The monoisotopic (exact) mass is 282 g/mol. The molecule has 0 saturated carbocycles. The van der Waals surface area contributed by atoms with E-state index in [0.717, 1.165) is 24.5 Å². The zero-order valence-electron chi connectivity index (χ0n) is 12.0. The molecule has 1 N–H and O–H groups in total. The highest BCUT2D eigenvalue weighted by atomic mass is 35.5. The number of rotatable bonds is 5. The molecule has 1 saturated heterocycles. The number of nitrogens with one attached hydrogen (secondary N) is 1. The Balaban J connectivity index is 1.98. The van der Waals surface area contributed by atoms with Gasteiger partial charge in [0, 0.05) is 18.7 Å². The lowest BCUT2D eigenvalue weighted by Gasteiger charge is -2.17. The zero-order valence-corrected chi connectivity index (χ0v) is 12.7. The van der Waals surface area contributed by atoms with E-state index in [1.165, 1.54) is 25.8 Å². The number of likely N-dealkylation sites (tertiary alicyclic amines) is 1. The van der Waals surface area contributed by atoms with Gasteiger partial charge >= 0.3 is 0 Å². The van der Waals surface area contributed by atoms with E-state index in [9.17, 15) is 0 Å². The average Bonchev–Trinajstić information content (AvgIpc) is 2.83. The summed E-state index contributed by atoms with van der Waals surface area (Å²) in [6, 6.07) is 0. The van der Waals surface area contributed by atoms with Crippen molar-refractivity contribution in [1.29, 1.82) is 0 Å². The van der Waals surface area contributed by atoms with Crippen molar-refractivity contribution in [1.82, 2.24) is 14.9 Å². The first-order chi connectivity index (χ1) is 9.11. The Morgan fingerprint density at radius 2 is 2.26 bits per heavy atom. The molecule has 1 aromatic rings. The maximum absolute atomic E-state index is 6.17. The van der Waals surface area contributed by atoms with Crippen molar-refractivity contribution >= 4 is 17.4 Å². The summed E-state index contributed by atoms with van der Waals surface area (Å²) in [5.74, 6) is 1.92. The summed E-state index contributed by atoms with van der Waals surface area (Å²) in [5, 5.41) is 4.02. The van der Waals surface area contributed by atoms with Crippen LogP contribution in [0, 0.1) is 5.92 Å². The lowest BCUT2D eigenvalue weighted by atomic mass is 10.1. The fourth-order valence-electron chi connectivity index (χ4n) is 2.63. The molecule has 0 aliphatic carbocycles. The molecule has 1 aromatic heterocycles. The molecule has 0 amide bonds. The molecule has 2 heterocycles. The second kappa shape index (κ2) is 6.53. The average molecular weight is 283 g/mol. The van der Waals surface area contributed by atoms with Crippen molar-refractivity contribution in [3.8, 4) is 0 Å². The Bertz CT molecular complexity index is 422. The third kappa shape index (κ3) is 3.57. The Hall–Kier alpha value is -0.870. The van der Waals surface area contributed by atoms with Crippen LogP contribution in [0.15, 0.2) is 6.33 Å². The summed E-state index contributed by atoms with van der Waals surface area (Å²) in [6.45, 7) is 10.9. The predicted octanol–water partition coefficient (Wildman–Crippen LogP) is 3.01. The van der Waals surface area contributed by atoms with Gasteiger partial charge in [0.1, 0.15) is 17.3 Å². The van der Waals surface area contributed by atoms with E-state index in [1.807, 2.05) is 0 Å². The van der Waals surface area contributed by atoms with Crippen molar-refractivity contribution in [2.45, 2.75) is 33.1 Å². The highest BCUT2D eigenvalue weighted by Crippen LogP contribution is 2.28. The number of anilines is 1. The Morgan fingerprint density at radius 3 is 2.89 bits per heavy atom. The fraction of sp³-hybridized carbons (Fsp3) is 0.714. The number of nitrogens with zero attached hydrogens (tertiary/aromatic N) is 3. The van der Waals surface area contributed by atoms with Crippen molar-refractivity contribution in [2.24, 2.45) is 5.92 Å². The molecular formula is C14H23ClN4. The van der Waals surface area contributed by atoms with Gasteiger partial charge in [-0.15, -0.1) is 0 Å². The minimum Gasteiger partial charge on any atom is -0.369 e. The molecule has 1 atom stereocenters. The van der Waals surface area contributed by atoms with Crippen LogP contribution in [0.25, 0.3) is 0 Å². The molecule has 1 aliphatic rings. The zero-order chi connectivity index (χ0) is 13.8. The van der Waals surface area contributed by atoms with Gasteiger partial charge in [0.2, 0.25) is 0 Å². The Kier molecular flexibility index (Phi) is 4.99. The third-order valence-electron chi connectivity index (χ3n) is 3.79. The molecule has 5 heteroatoms. The summed E-state index contributed by atoms with van der Waals surface area (Å²) in [7, 11) is 0. The first kappa shape index (κ1) is 14.5. The number of aromatic nitrogens is 2. The Morgan fingerprint density at radius 1 is 1.47 bits per heavy atom. The van der Waals surface area contributed by atoms with E-state index >= 15 is 0 Å². The number of hydrogen-bond donors (Lipinski definition) is 1. The maximum Gasteiger partial charge on any atom is 0.138 e. The SMILES string of the molecule is CCN1CCC(CNc2ncnc(Cl)c2C(C)C)C1. The van der Waals surface area contributed by atoms with Gasteiger partial charge in [-0.05, 0) is 31.3 Å². The van der Waals surface area contributed by atoms with Crippen LogP contribution < -0.4 is 5.32 Å². The molecule has 0 aromatic carbocycles. The molecular weight excluding hydrogens is 260 g/mol. The largest absolute Gasteiger partial charge is 0.369 e. The van der Waals surface area contributed by atoms with Gasteiger partial charge < -0.3 is 10.2 Å². The lowest BCUT2D eigenvalue weighted by Crippen LogP contribution is -2.23. The first-order valence-corrected chi connectivity index (χ1v) is 7.46. The van der Waals surface area contributed by atoms with Gasteiger partial charge in [0.25, 0.3) is 0 Å². The molecule has 0 spiro atoms. The van der Waals surface area contributed by atoms with Crippen LogP contribution >= 0.6 is 11.6 Å². The summed E-state index contributed by atoms with van der Waals surface area (Å²) >= 11 is 6.17. The quantitative estimate of drug-likeness (QED) is 0.843. The van der Waals surface area contributed by atoms with Gasteiger partial charge in [-0.1, -0.05) is 32.4 Å². The highest BCUT2D eigenvalue weighted by molar-refractivity contribution is 6.30. The second-order valence-electron chi connectivity index (χ2n) is 5.51. The fourth-order valence-corrected chi connectivity index (χ4v) is 2.99. The van der Waals surface area contributed by atoms with E-state index in [1.54, 1.807) is 0 Å². The third-order valence-corrected chi connectivity index (χ3v) is 4.09. The molecule has 19 heavy (non-hydrogen) atoms. The van der Waals surface area contributed by atoms with Crippen LogP contribution in [0.3, 0.4) is 0 Å². The Labute approximate surface area is 120 Å². The smallest absolute Gasteiger partial charge is 0.138 e. The van der Waals surface area contributed by atoms with Crippen LogP contribution in [0.4, 0.5) is 5.82 Å². The molecule has 1 unspecified atom stereocenters. The van der Waals surface area contributed by atoms with Crippen LogP contribution in [0.2, 0.25) is 5.15 Å². The summed E-state index contributed by atoms with van der Waals surface area (Å²) < 4.78 is 0. The summed E-state index contributed by atoms with van der Waals surface area (Å²) in [4.78, 5) is 10.9. The van der Waals surface area contributed by atoms with Gasteiger partial charge in [0.05, 0.1) is 0 Å². The van der Waals surface area contributed by atoms with Gasteiger partial charge in [-0.2, -0.15) is 0 Å². The molecule has 2 rings (SSSR count). The van der Waals surface area contributed by atoms with Crippen molar-refractivity contribution in [2.75, 3.05) is 31.5 Å². The van der Waals surface area contributed by atoms with Crippen LogP contribution in [0.5, 0.6) is 0 Å². The molecule has 1 fully saturated rings. The summed E-state index contributed by atoms with van der Waals surface area (Å²) in [6.07, 6.45) is 2.79. The van der Waals surface area contributed by atoms with Crippen molar-refractivity contribution < 1.29 is 0 Å².